The molecule has 0 spiro atoms. The van der Waals surface area contributed by atoms with Gasteiger partial charge in [0.1, 0.15) is 9.71 Å². The zero-order valence-electron chi connectivity index (χ0n) is 14.9. The van der Waals surface area contributed by atoms with Gasteiger partial charge in [-0.3, -0.25) is 4.79 Å². The van der Waals surface area contributed by atoms with Gasteiger partial charge in [-0.1, -0.05) is 18.6 Å². The van der Waals surface area contributed by atoms with E-state index in [4.69, 9.17) is 10.7 Å². The fourth-order valence-corrected chi connectivity index (χ4v) is 4.90. The first-order valence-electron chi connectivity index (χ1n) is 8.83. The smallest absolute Gasteiger partial charge is 0.266 e. The number of hydrogen-bond donors (Lipinski definition) is 1. The van der Waals surface area contributed by atoms with E-state index in [0.29, 0.717) is 16.5 Å². The second-order valence-electron chi connectivity index (χ2n) is 7.34. The summed E-state index contributed by atoms with van der Waals surface area (Å²) in [5, 5.41) is 1.98. The van der Waals surface area contributed by atoms with Crippen molar-refractivity contribution in [2.24, 2.45) is 5.92 Å². The standard InChI is InChI=1S/C20H23N3OS/c1-11-5-4-6-23(10-11)20(24)18-16(21)15-9-14-8-12(2)7-13(3)17(14)22-19(15)25-18/h7-9,11H,4-6,10,21H2,1-3H3/t11-/m0/s1. The Bertz CT molecular complexity index is 992. The number of rotatable bonds is 1. The Labute approximate surface area is 151 Å². The highest BCUT2D eigenvalue weighted by atomic mass is 32.1. The molecule has 1 aromatic carbocycles. The molecule has 0 radical (unpaired) electrons. The number of carbonyl (C=O) groups excluding carboxylic acids is 1. The van der Waals surface area contributed by atoms with Gasteiger partial charge in [0.25, 0.3) is 5.91 Å². The predicted molar refractivity (Wildman–Crippen MR) is 105 cm³/mol. The molecule has 0 saturated carbocycles. The molecule has 1 amide bonds. The van der Waals surface area contributed by atoms with Gasteiger partial charge in [-0.2, -0.15) is 0 Å². The Hall–Kier alpha value is -2.14. The monoisotopic (exact) mass is 353 g/mol. The van der Waals surface area contributed by atoms with Gasteiger partial charge in [0, 0.05) is 23.9 Å². The Morgan fingerprint density at radius 2 is 2.12 bits per heavy atom. The Morgan fingerprint density at radius 3 is 2.88 bits per heavy atom. The van der Waals surface area contributed by atoms with Crippen LogP contribution in [0, 0.1) is 19.8 Å². The number of thiophene rings is 1. The Kier molecular flexibility index (Phi) is 3.91. The van der Waals surface area contributed by atoms with Crippen LogP contribution >= 0.6 is 11.3 Å². The van der Waals surface area contributed by atoms with E-state index in [1.54, 1.807) is 0 Å². The van der Waals surface area contributed by atoms with Gasteiger partial charge in [-0.05, 0) is 50.3 Å². The lowest BCUT2D eigenvalue weighted by molar-refractivity contribution is 0.0689. The summed E-state index contributed by atoms with van der Waals surface area (Å²) in [5.74, 6) is 0.614. The van der Waals surface area contributed by atoms with Crippen LogP contribution in [0.25, 0.3) is 21.1 Å². The average Bonchev–Trinajstić information content (AvgIpc) is 2.89. The predicted octanol–water partition coefficient (Wildman–Crippen LogP) is 4.52. The van der Waals surface area contributed by atoms with Gasteiger partial charge in [-0.15, -0.1) is 11.3 Å². The minimum atomic E-state index is 0.0593. The molecule has 1 aliphatic heterocycles. The molecule has 130 valence electrons. The first-order valence-corrected chi connectivity index (χ1v) is 9.65. The number of nitrogen functional groups attached to an aromatic ring is 1. The maximum Gasteiger partial charge on any atom is 0.266 e. The summed E-state index contributed by atoms with van der Waals surface area (Å²) in [4.78, 5) is 21.2. The number of benzene rings is 1. The molecule has 2 N–H and O–H groups in total. The number of anilines is 1. The van der Waals surface area contributed by atoms with E-state index in [2.05, 4.69) is 39.0 Å². The molecule has 3 heterocycles. The van der Waals surface area contributed by atoms with E-state index in [0.717, 1.165) is 46.2 Å². The van der Waals surface area contributed by atoms with Crippen molar-refractivity contribution in [3.63, 3.8) is 0 Å². The molecule has 0 aliphatic carbocycles. The lowest BCUT2D eigenvalue weighted by Gasteiger charge is -2.30. The molecule has 0 bridgehead atoms. The van der Waals surface area contributed by atoms with Gasteiger partial charge < -0.3 is 10.6 Å². The maximum atomic E-state index is 13.0. The normalized spacial score (nSPS) is 18.2. The summed E-state index contributed by atoms with van der Waals surface area (Å²) in [7, 11) is 0. The minimum Gasteiger partial charge on any atom is -0.397 e. The fraction of sp³-hybridized carbons (Fsp3) is 0.400. The molecular weight excluding hydrogens is 330 g/mol. The van der Waals surface area contributed by atoms with E-state index in [9.17, 15) is 4.79 Å². The number of nitrogens with zero attached hydrogens (tertiary/aromatic N) is 2. The number of piperidine rings is 1. The number of nitrogens with two attached hydrogens (primary N) is 1. The first kappa shape index (κ1) is 16.3. The van der Waals surface area contributed by atoms with Crippen LogP contribution in [-0.2, 0) is 0 Å². The molecule has 3 aromatic rings. The Balaban J connectivity index is 1.83. The summed E-state index contributed by atoms with van der Waals surface area (Å²) in [5.41, 5.74) is 10.3. The topological polar surface area (TPSA) is 59.2 Å². The van der Waals surface area contributed by atoms with Crippen LogP contribution in [0.5, 0.6) is 0 Å². The van der Waals surface area contributed by atoms with Crippen molar-refractivity contribution in [3.05, 3.63) is 34.2 Å². The van der Waals surface area contributed by atoms with Crippen molar-refractivity contribution < 1.29 is 4.79 Å². The first-order chi connectivity index (χ1) is 11.9. The van der Waals surface area contributed by atoms with Crippen LogP contribution in [0.2, 0.25) is 0 Å². The van der Waals surface area contributed by atoms with Crippen LogP contribution in [0.3, 0.4) is 0 Å². The van der Waals surface area contributed by atoms with E-state index >= 15 is 0 Å². The second-order valence-corrected chi connectivity index (χ2v) is 8.34. The van der Waals surface area contributed by atoms with Crippen molar-refractivity contribution in [2.75, 3.05) is 18.8 Å². The van der Waals surface area contributed by atoms with Gasteiger partial charge in [-0.25, -0.2) is 4.98 Å². The van der Waals surface area contributed by atoms with Crippen molar-refractivity contribution in [2.45, 2.75) is 33.6 Å². The number of amides is 1. The Morgan fingerprint density at radius 1 is 1.32 bits per heavy atom. The summed E-state index contributed by atoms with van der Waals surface area (Å²) < 4.78 is 0. The summed E-state index contributed by atoms with van der Waals surface area (Å²) in [6.07, 6.45) is 2.26. The summed E-state index contributed by atoms with van der Waals surface area (Å²) >= 11 is 1.43. The third kappa shape index (κ3) is 2.76. The van der Waals surface area contributed by atoms with Crippen molar-refractivity contribution in [1.29, 1.82) is 0 Å². The van der Waals surface area contributed by atoms with Gasteiger partial charge in [0.2, 0.25) is 0 Å². The number of pyridine rings is 1. The fourth-order valence-electron chi connectivity index (χ4n) is 3.86. The maximum absolute atomic E-state index is 13.0. The van der Waals surface area contributed by atoms with Gasteiger partial charge in [0.15, 0.2) is 0 Å². The molecule has 1 fully saturated rings. The van der Waals surface area contributed by atoms with Crippen molar-refractivity contribution >= 4 is 44.1 Å². The number of likely N-dealkylation sites (tertiary alicyclic amines) is 1. The largest absolute Gasteiger partial charge is 0.397 e. The number of hydrogen-bond acceptors (Lipinski definition) is 4. The third-order valence-electron chi connectivity index (χ3n) is 5.09. The number of fused-ring (bicyclic) bond motifs is 2. The second kappa shape index (κ2) is 5.99. The molecule has 25 heavy (non-hydrogen) atoms. The van der Waals surface area contributed by atoms with Crippen LogP contribution in [0.15, 0.2) is 18.2 Å². The minimum absolute atomic E-state index is 0.0593. The molecule has 1 saturated heterocycles. The van der Waals surface area contributed by atoms with Crippen LogP contribution < -0.4 is 5.73 Å². The SMILES string of the molecule is Cc1cc(C)c2nc3sc(C(=O)N4CCC[C@H](C)C4)c(N)c3cc2c1. The zero-order chi connectivity index (χ0) is 17.7. The molecule has 4 rings (SSSR count). The lowest BCUT2D eigenvalue weighted by atomic mass is 10.00. The number of aryl methyl sites for hydroxylation is 2. The summed E-state index contributed by atoms with van der Waals surface area (Å²) in [6.45, 7) is 8.00. The lowest BCUT2D eigenvalue weighted by Crippen LogP contribution is -2.38. The van der Waals surface area contributed by atoms with Crippen molar-refractivity contribution in [1.82, 2.24) is 9.88 Å². The molecule has 2 aromatic heterocycles. The van der Waals surface area contributed by atoms with Gasteiger partial charge >= 0.3 is 0 Å². The average molecular weight is 353 g/mol. The van der Waals surface area contributed by atoms with E-state index in [1.807, 2.05) is 4.90 Å². The van der Waals surface area contributed by atoms with E-state index in [1.165, 1.54) is 23.3 Å². The third-order valence-corrected chi connectivity index (χ3v) is 6.19. The summed E-state index contributed by atoms with van der Waals surface area (Å²) in [6, 6.07) is 6.35. The van der Waals surface area contributed by atoms with Crippen LogP contribution in [0.1, 0.15) is 40.6 Å². The number of carbonyl (C=O) groups is 1. The molecule has 4 nitrogen and oxygen atoms in total. The molecular formula is C20H23N3OS. The van der Waals surface area contributed by atoms with Crippen LogP contribution in [-0.4, -0.2) is 28.9 Å². The van der Waals surface area contributed by atoms with E-state index in [-0.39, 0.29) is 5.91 Å². The van der Waals surface area contributed by atoms with Crippen LogP contribution in [0.4, 0.5) is 5.69 Å². The number of aromatic nitrogens is 1. The molecule has 0 unspecified atom stereocenters. The van der Waals surface area contributed by atoms with Gasteiger partial charge in [0.05, 0.1) is 11.2 Å². The molecule has 1 aliphatic rings. The highest BCUT2D eigenvalue weighted by Gasteiger charge is 2.26. The zero-order valence-corrected chi connectivity index (χ0v) is 15.7. The van der Waals surface area contributed by atoms with E-state index < -0.39 is 0 Å². The molecule has 1 atom stereocenters. The van der Waals surface area contributed by atoms with Crippen molar-refractivity contribution in [3.8, 4) is 0 Å². The molecule has 5 heteroatoms. The quantitative estimate of drug-likeness (QED) is 0.700. The highest BCUT2D eigenvalue weighted by Crippen LogP contribution is 2.36. The highest BCUT2D eigenvalue weighted by molar-refractivity contribution is 7.21.